The normalized spacial score (nSPS) is 15.6. The molecule has 0 radical (unpaired) electrons. The Labute approximate surface area is 167 Å². The summed E-state index contributed by atoms with van der Waals surface area (Å²) in [5, 5.41) is 8.97. The zero-order valence-electron chi connectivity index (χ0n) is 14.8. The van der Waals surface area contributed by atoms with Crippen LogP contribution in [0.1, 0.15) is 41.3 Å². The molecule has 0 bridgehead atoms. The molecule has 3 rings (SSSR count). The summed E-state index contributed by atoms with van der Waals surface area (Å²) in [7, 11) is 0. The fourth-order valence-electron chi connectivity index (χ4n) is 2.76. The number of hydrogen-bond donors (Lipinski definition) is 1. The molecule has 1 N–H and O–H groups in total. The maximum Gasteiger partial charge on any atom is 0.335 e. The summed E-state index contributed by atoms with van der Waals surface area (Å²) in [6.07, 6.45) is 5.06. The third-order valence-corrected chi connectivity index (χ3v) is 5.56. The number of carboxylic acids is 1. The van der Waals surface area contributed by atoms with Gasteiger partial charge in [0.2, 0.25) is 0 Å². The van der Waals surface area contributed by atoms with Crippen molar-refractivity contribution in [1.82, 2.24) is 0 Å². The lowest BCUT2D eigenvalue weighted by Crippen LogP contribution is -2.27. The van der Waals surface area contributed by atoms with Crippen LogP contribution in [-0.4, -0.2) is 21.3 Å². The molecule has 4 nitrogen and oxygen atoms in total. The van der Waals surface area contributed by atoms with Gasteiger partial charge >= 0.3 is 5.97 Å². The Morgan fingerprint density at radius 1 is 1.15 bits per heavy atom. The average molecular weight is 398 g/mol. The van der Waals surface area contributed by atoms with Crippen LogP contribution in [0, 0.1) is 0 Å². The van der Waals surface area contributed by atoms with Gasteiger partial charge in [-0.1, -0.05) is 61.6 Å². The van der Waals surface area contributed by atoms with E-state index < -0.39 is 5.97 Å². The molecule has 1 amide bonds. The van der Waals surface area contributed by atoms with E-state index in [0.29, 0.717) is 9.23 Å². The lowest BCUT2D eigenvalue weighted by molar-refractivity contribution is -0.113. The molecule has 0 spiro atoms. The molecule has 0 unspecified atom stereocenters. The first-order valence-corrected chi connectivity index (χ1v) is 9.92. The van der Waals surface area contributed by atoms with Crippen LogP contribution in [0.15, 0.2) is 53.4 Å². The lowest BCUT2D eigenvalue weighted by Gasteiger charge is -2.15. The number of anilines is 1. The van der Waals surface area contributed by atoms with Crippen LogP contribution in [0.5, 0.6) is 0 Å². The Bertz CT molecular complexity index is 902. The number of unbranched alkanes of at least 4 members (excludes halogenated alkanes) is 1. The molecule has 6 heteroatoms. The highest BCUT2D eigenvalue weighted by Crippen LogP contribution is 2.36. The van der Waals surface area contributed by atoms with Gasteiger partial charge in [0.15, 0.2) is 4.32 Å². The average Bonchev–Trinajstić information content (AvgIpc) is 2.94. The minimum atomic E-state index is -0.977. The molecule has 1 fully saturated rings. The maximum absolute atomic E-state index is 12.8. The van der Waals surface area contributed by atoms with Crippen molar-refractivity contribution in [2.45, 2.75) is 26.2 Å². The summed E-state index contributed by atoms with van der Waals surface area (Å²) in [5.74, 6) is -1.14. The van der Waals surface area contributed by atoms with Crippen LogP contribution >= 0.6 is 24.0 Å². The predicted octanol–water partition coefficient (Wildman–Crippen LogP) is 5.13. The first kappa shape index (κ1) is 19.3. The molecule has 1 aliphatic rings. The number of amides is 1. The molecule has 27 heavy (non-hydrogen) atoms. The molecule has 1 heterocycles. The second kappa shape index (κ2) is 8.50. The van der Waals surface area contributed by atoms with Crippen molar-refractivity contribution >= 4 is 51.9 Å². The number of benzene rings is 2. The number of hydrogen-bond acceptors (Lipinski definition) is 4. The minimum absolute atomic E-state index is 0.159. The smallest absolute Gasteiger partial charge is 0.335 e. The number of carbonyl (C=O) groups is 2. The molecule has 0 aliphatic carbocycles. The SMILES string of the molecule is CCCCc1ccc(N2C(=O)C(=Cc3ccc(C(=O)O)cc3)SC2=S)cc1. The Morgan fingerprint density at radius 2 is 1.81 bits per heavy atom. The molecule has 1 aliphatic heterocycles. The predicted molar refractivity (Wildman–Crippen MR) is 114 cm³/mol. The van der Waals surface area contributed by atoms with Gasteiger partial charge in [-0.25, -0.2) is 4.79 Å². The zero-order chi connectivity index (χ0) is 19.4. The van der Waals surface area contributed by atoms with E-state index in [1.165, 1.54) is 29.5 Å². The number of thiocarbonyl (C=S) groups is 1. The second-order valence-electron chi connectivity index (χ2n) is 6.21. The fraction of sp³-hybridized carbons (Fsp3) is 0.190. The first-order chi connectivity index (χ1) is 13.0. The van der Waals surface area contributed by atoms with Gasteiger partial charge in [-0.3, -0.25) is 9.69 Å². The number of carbonyl (C=O) groups excluding carboxylic acids is 1. The molecule has 0 atom stereocenters. The number of nitrogens with zero attached hydrogens (tertiary/aromatic N) is 1. The van der Waals surface area contributed by atoms with Crippen molar-refractivity contribution in [3.63, 3.8) is 0 Å². The molecule has 0 aromatic heterocycles. The fourth-order valence-corrected chi connectivity index (χ4v) is 4.06. The molecular weight excluding hydrogens is 378 g/mol. The zero-order valence-corrected chi connectivity index (χ0v) is 16.5. The number of thioether (sulfide) groups is 1. The third-order valence-electron chi connectivity index (χ3n) is 4.26. The summed E-state index contributed by atoms with van der Waals surface area (Å²) >= 11 is 6.65. The molecule has 138 valence electrons. The largest absolute Gasteiger partial charge is 0.478 e. The monoisotopic (exact) mass is 397 g/mol. The van der Waals surface area contributed by atoms with Gasteiger partial charge in [0.1, 0.15) is 0 Å². The Kier molecular flexibility index (Phi) is 6.08. The van der Waals surface area contributed by atoms with Crippen LogP contribution in [0.4, 0.5) is 5.69 Å². The summed E-state index contributed by atoms with van der Waals surface area (Å²) in [4.78, 5) is 25.8. The quantitative estimate of drug-likeness (QED) is 0.541. The molecular formula is C21H19NO3S2. The highest BCUT2D eigenvalue weighted by Gasteiger charge is 2.33. The van der Waals surface area contributed by atoms with E-state index in [2.05, 4.69) is 6.92 Å². The van der Waals surface area contributed by atoms with E-state index in [1.54, 1.807) is 23.1 Å². The van der Waals surface area contributed by atoms with Crippen LogP contribution in [0.3, 0.4) is 0 Å². The standard InChI is InChI=1S/C21H19NO3S2/c1-2-3-4-14-7-11-17(12-8-14)22-19(23)18(27-21(22)26)13-15-5-9-16(10-6-15)20(24)25/h5-13H,2-4H2,1H3,(H,24,25). The Balaban J connectivity index is 1.79. The molecule has 1 saturated heterocycles. The van der Waals surface area contributed by atoms with E-state index in [9.17, 15) is 9.59 Å². The molecule has 2 aromatic carbocycles. The van der Waals surface area contributed by atoms with Crippen LogP contribution in [0.25, 0.3) is 6.08 Å². The highest BCUT2D eigenvalue weighted by molar-refractivity contribution is 8.27. The Morgan fingerprint density at radius 3 is 2.41 bits per heavy atom. The van der Waals surface area contributed by atoms with Gasteiger partial charge in [0.25, 0.3) is 5.91 Å². The van der Waals surface area contributed by atoms with Crippen molar-refractivity contribution in [2.24, 2.45) is 0 Å². The van der Waals surface area contributed by atoms with Crippen molar-refractivity contribution < 1.29 is 14.7 Å². The summed E-state index contributed by atoms with van der Waals surface area (Å²) in [6, 6.07) is 14.3. The summed E-state index contributed by atoms with van der Waals surface area (Å²) in [5.41, 5.74) is 2.99. The van der Waals surface area contributed by atoms with Gasteiger partial charge in [0.05, 0.1) is 16.2 Å². The van der Waals surface area contributed by atoms with Gasteiger partial charge in [-0.2, -0.15) is 0 Å². The summed E-state index contributed by atoms with van der Waals surface area (Å²) < 4.78 is 0.495. The molecule has 0 saturated carbocycles. The van der Waals surface area contributed by atoms with Crippen LogP contribution in [-0.2, 0) is 11.2 Å². The van der Waals surface area contributed by atoms with E-state index in [4.69, 9.17) is 17.3 Å². The number of aromatic carboxylic acids is 1. The van der Waals surface area contributed by atoms with Gasteiger partial charge in [-0.05, 0) is 54.3 Å². The maximum atomic E-state index is 12.8. The van der Waals surface area contributed by atoms with E-state index in [-0.39, 0.29) is 11.5 Å². The van der Waals surface area contributed by atoms with Crippen molar-refractivity contribution in [3.05, 3.63) is 70.1 Å². The highest BCUT2D eigenvalue weighted by atomic mass is 32.2. The number of aryl methyl sites for hydroxylation is 1. The molecule has 2 aromatic rings. The number of rotatable bonds is 6. The minimum Gasteiger partial charge on any atom is -0.478 e. The van der Waals surface area contributed by atoms with Crippen LogP contribution in [0.2, 0.25) is 0 Å². The van der Waals surface area contributed by atoms with E-state index in [0.717, 1.165) is 30.5 Å². The third kappa shape index (κ3) is 4.46. The Hall–Kier alpha value is -2.44. The number of carboxylic acid groups (broad SMARTS) is 1. The van der Waals surface area contributed by atoms with Crippen molar-refractivity contribution in [2.75, 3.05) is 4.90 Å². The van der Waals surface area contributed by atoms with Gasteiger partial charge in [-0.15, -0.1) is 0 Å². The van der Waals surface area contributed by atoms with Gasteiger partial charge < -0.3 is 5.11 Å². The van der Waals surface area contributed by atoms with Gasteiger partial charge in [0, 0.05) is 0 Å². The van der Waals surface area contributed by atoms with Crippen LogP contribution < -0.4 is 4.90 Å². The second-order valence-corrected chi connectivity index (χ2v) is 7.89. The van der Waals surface area contributed by atoms with Crippen molar-refractivity contribution in [3.8, 4) is 0 Å². The lowest BCUT2D eigenvalue weighted by atomic mass is 10.1. The van der Waals surface area contributed by atoms with E-state index >= 15 is 0 Å². The summed E-state index contributed by atoms with van der Waals surface area (Å²) in [6.45, 7) is 2.16. The topological polar surface area (TPSA) is 57.6 Å². The van der Waals surface area contributed by atoms with E-state index in [1.807, 2.05) is 24.3 Å². The van der Waals surface area contributed by atoms with Crippen molar-refractivity contribution in [1.29, 1.82) is 0 Å². The first-order valence-electron chi connectivity index (χ1n) is 8.70.